The van der Waals surface area contributed by atoms with Gasteiger partial charge in [-0.1, -0.05) is 23.7 Å². The molecule has 0 unspecified atom stereocenters. The molecule has 1 aromatic carbocycles. The van der Waals surface area contributed by atoms with Crippen LogP contribution in [0.1, 0.15) is 26.3 Å². The van der Waals surface area contributed by atoms with Crippen molar-refractivity contribution in [1.29, 1.82) is 0 Å². The molecule has 148 valence electrons. The van der Waals surface area contributed by atoms with Gasteiger partial charge in [0.2, 0.25) is 11.8 Å². The highest BCUT2D eigenvalue weighted by atomic mass is 35.5. The number of rotatable bonds is 5. The summed E-state index contributed by atoms with van der Waals surface area (Å²) in [6.45, 7) is 7.18. The number of nitrogens with one attached hydrogen (secondary N) is 1. The van der Waals surface area contributed by atoms with E-state index >= 15 is 0 Å². The molecule has 7 nitrogen and oxygen atoms in total. The Morgan fingerprint density at radius 1 is 1.07 bits per heavy atom. The van der Waals surface area contributed by atoms with Crippen LogP contribution in [0.3, 0.4) is 0 Å². The number of halogens is 1. The highest BCUT2D eigenvalue weighted by Gasteiger charge is 2.40. The normalized spacial score (nSPS) is 14.7. The molecule has 8 heteroatoms. The Kier molecular flexibility index (Phi) is 7.07. The topological polar surface area (TPSA) is 79.0 Å². The average molecular weight is 396 g/mol. The van der Waals surface area contributed by atoms with Gasteiger partial charge in [-0.25, -0.2) is 4.79 Å². The molecule has 0 radical (unpaired) electrons. The minimum atomic E-state index is -1.20. The standard InChI is InChI=1S/C19H26ClN3O4/c1-4-27-18(26)23-11-9-22(10-12-23)17(25)19(2,3)16(24)21-13-14-5-7-15(20)8-6-14/h5-8H,4,9-13H2,1-3H3,(H,21,24). The van der Waals surface area contributed by atoms with E-state index in [0.29, 0.717) is 44.4 Å². The number of benzene rings is 1. The van der Waals surface area contributed by atoms with Gasteiger partial charge in [0.1, 0.15) is 5.41 Å². The van der Waals surface area contributed by atoms with Gasteiger partial charge in [-0.2, -0.15) is 0 Å². The molecule has 0 aliphatic carbocycles. The second kappa shape index (κ2) is 9.08. The quantitative estimate of drug-likeness (QED) is 0.776. The van der Waals surface area contributed by atoms with E-state index in [1.54, 1.807) is 42.7 Å². The van der Waals surface area contributed by atoms with E-state index < -0.39 is 5.41 Å². The van der Waals surface area contributed by atoms with Crippen LogP contribution in [0, 0.1) is 5.41 Å². The highest BCUT2D eigenvalue weighted by molar-refractivity contribution is 6.30. The van der Waals surface area contributed by atoms with Crippen molar-refractivity contribution in [2.24, 2.45) is 5.41 Å². The Balaban J connectivity index is 1.89. The number of hydrogen-bond donors (Lipinski definition) is 1. The van der Waals surface area contributed by atoms with E-state index in [9.17, 15) is 14.4 Å². The van der Waals surface area contributed by atoms with Crippen LogP contribution in [0.25, 0.3) is 0 Å². The van der Waals surface area contributed by atoms with Gasteiger partial charge in [-0.05, 0) is 38.5 Å². The molecular formula is C19H26ClN3O4. The Labute approximate surface area is 164 Å². The molecule has 1 aromatic rings. The Morgan fingerprint density at radius 3 is 2.19 bits per heavy atom. The summed E-state index contributed by atoms with van der Waals surface area (Å²) in [7, 11) is 0. The van der Waals surface area contributed by atoms with Crippen molar-refractivity contribution in [3.05, 3.63) is 34.9 Å². The molecule has 1 aliphatic rings. The van der Waals surface area contributed by atoms with Crippen LogP contribution < -0.4 is 5.32 Å². The Hall–Kier alpha value is -2.28. The summed E-state index contributed by atoms with van der Waals surface area (Å²) in [5, 5.41) is 3.44. The zero-order chi connectivity index (χ0) is 20.0. The van der Waals surface area contributed by atoms with E-state index in [1.165, 1.54) is 0 Å². The molecule has 0 spiro atoms. The lowest BCUT2D eigenvalue weighted by molar-refractivity contribution is -0.149. The lowest BCUT2D eigenvalue weighted by atomic mass is 9.90. The van der Waals surface area contributed by atoms with Gasteiger partial charge in [0.15, 0.2) is 0 Å². The summed E-state index contributed by atoms with van der Waals surface area (Å²) < 4.78 is 4.98. The van der Waals surface area contributed by atoms with E-state index in [-0.39, 0.29) is 17.9 Å². The van der Waals surface area contributed by atoms with Crippen molar-refractivity contribution in [1.82, 2.24) is 15.1 Å². The van der Waals surface area contributed by atoms with E-state index in [4.69, 9.17) is 16.3 Å². The SMILES string of the molecule is CCOC(=O)N1CCN(C(=O)C(C)(C)C(=O)NCc2ccc(Cl)cc2)CC1. The summed E-state index contributed by atoms with van der Waals surface area (Å²) in [5.41, 5.74) is -0.294. The van der Waals surface area contributed by atoms with Crippen LogP contribution in [0.2, 0.25) is 5.02 Å². The van der Waals surface area contributed by atoms with Crippen LogP contribution >= 0.6 is 11.6 Å². The average Bonchev–Trinajstić information content (AvgIpc) is 2.67. The maximum Gasteiger partial charge on any atom is 0.409 e. The molecule has 1 fully saturated rings. The first-order valence-corrected chi connectivity index (χ1v) is 9.37. The van der Waals surface area contributed by atoms with Crippen LogP contribution in [0.5, 0.6) is 0 Å². The number of amides is 3. The predicted octanol–water partition coefficient (Wildman–Crippen LogP) is 2.28. The number of carbonyl (C=O) groups excluding carboxylic acids is 3. The molecule has 27 heavy (non-hydrogen) atoms. The first-order valence-electron chi connectivity index (χ1n) is 8.99. The van der Waals surface area contributed by atoms with Gasteiger partial charge in [-0.15, -0.1) is 0 Å². The largest absolute Gasteiger partial charge is 0.450 e. The smallest absolute Gasteiger partial charge is 0.409 e. The maximum absolute atomic E-state index is 12.8. The summed E-state index contributed by atoms with van der Waals surface area (Å²) in [6, 6.07) is 7.16. The van der Waals surface area contributed by atoms with Crippen LogP contribution in [-0.4, -0.2) is 60.5 Å². The Morgan fingerprint density at radius 2 is 1.63 bits per heavy atom. The van der Waals surface area contributed by atoms with Crippen molar-refractivity contribution >= 4 is 29.5 Å². The number of carbonyl (C=O) groups is 3. The fourth-order valence-electron chi connectivity index (χ4n) is 2.80. The van der Waals surface area contributed by atoms with E-state index in [0.717, 1.165) is 5.56 Å². The van der Waals surface area contributed by atoms with Crippen LogP contribution in [0.4, 0.5) is 4.79 Å². The fraction of sp³-hybridized carbons (Fsp3) is 0.526. The summed E-state index contributed by atoms with van der Waals surface area (Å²) >= 11 is 5.85. The second-order valence-corrected chi connectivity index (χ2v) is 7.35. The van der Waals surface area contributed by atoms with Crippen LogP contribution in [0.15, 0.2) is 24.3 Å². The zero-order valence-corrected chi connectivity index (χ0v) is 16.7. The van der Waals surface area contributed by atoms with Crippen molar-refractivity contribution in [2.75, 3.05) is 32.8 Å². The number of hydrogen-bond acceptors (Lipinski definition) is 4. The maximum atomic E-state index is 12.8. The molecule has 1 N–H and O–H groups in total. The minimum Gasteiger partial charge on any atom is -0.450 e. The van der Waals surface area contributed by atoms with Crippen molar-refractivity contribution < 1.29 is 19.1 Å². The molecule has 1 heterocycles. The fourth-order valence-corrected chi connectivity index (χ4v) is 2.93. The summed E-state index contributed by atoms with van der Waals surface area (Å²) in [4.78, 5) is 40.4. The number of ether oxygens (including phenoxy) is 1. The van der Waals surface area contributed by atoms with Gasteiger partial charge >= 0.3 is 6.09 Å². The van der Waals surface area contributed by atoms with Gasteiger partial charge in [-0.3, -0.25) is 9.59 Å². The molecule has 0 bridgehead atoms. The summed E-state index contributed by atoms with van der Waals surface area (Å²) in [6.07, 6.45) is -0.371. The third-order valence-electron chi connectivity index (χ3n) is 4.56. The van der Waals surface area contributed by atoms with Crippen molar-refractivity contribution in [3.63, 3.8) is 0 Å². The first kappa shape index (κ1) is 21.0. The second-order valence-electron chi connectivity index (χ2n) is 6.91. The lowest BCUT2D eigenvalue weighted by Crippen LogP contribution is -2.56. The molecular weight excluding hydrogens is 370 g/mol. The number of nitrogens with zero attached hydrogens (tertiary/aromatic N) is 2. The number of piperazine rings is 1. The molecule has 2 rings (SSSR count). The molecule has 1 aliphatic heterocycles. The van der Waals surface area contributed by atoms with Crippen molar-refractivity contribution in [3.8, 4) is 0 Å². The third kappa shape index (κ3) is 5.35. The van der Waals surface area contributed by atoms with E-state index in [2.05, 4.69) is 5.32 Å². The molecule has 3 amide bonds. The lowest BCUT2D eigenvalue weighted by Gasteiger charge is -2.37. The highest BCUT2D eigenvalue weighted by Crippen LogP contribution is 2.21. The van der Waals surface area contributed by atoms with Crippen molar-refractivity contribution in [2.45, 2.75) is 27.3 Å². The Bertz CT molecular complexity index is 683. The van der Waals surface area contributed by atoms with E-state index in [1.807, 2.05) is 12.1 Å². The molecule has 0 saturated carbocycles. The van der Waals surface area contributed by atoms with Gasteiger partial charge < -0.3 is 19.9 Å². The molecule has 0 atom stereocenters. The first-order chi connectivity index (χ1) is 12.8. The zero-order valence-electron chi connectivity index (χ0n) is 16.0. The monoisotopic (exact) mass is 395 g/mol. The molecule has 1 saturated heterocycles. The third-order valence-corrected chi connectivity index (χ3v) is 4.81. The van der Waals surface area contributed by atoms with Gasteiger partial charge in [0.05, 0.1) is 6.61 Å². The van der Waals surface area contributed by atoms with Crippen LogP contribution in [-0.2, 0) is 20.9 Å². The molecule has 0 aromatic heterocycles. The minimum absolute atomic E-state index is 0.250. The summed E-state index contributed by atoms with van der Waals surface area (Å²) in [5.74, 6) is -0.588. The predicted molar refractivity (Wildman–Crippen MR) is 102 cm³/mol. The van der Waals surface area contributed by atoms with Gasteiger partial charge in [0.25, 0.3) is 0 Å². The van der Waals surface area contributed by atoms with Gasteiger partial charge in [0, 0.05) is 37.7 Å².